The van der Waals surface area contributed by atoms with Crippen molar-refractivity contribution in [3.05, 3.63) is 23.8 Å². The van der Waals surface area contributed by atoms with Crippen molar-refractivity contribution in [2.24, 2.45) is 5.92 Å². The lowest BCUT2D eigenvalue weighted by atomic mass is 9.97. The second-order valence-corrected chi connectivity index (χ2v) is 7.28. The number of likely N-dealkylation sites (tertiary alicyclic amines) is 1. The van der Waals surface area contributed by atoms with Crippen LogP contribution in [0.4, 0.5) is 10.5 Å². The number of benzene rings is 1. The van der Waals surface area contributed by atoms with Gasteiger partial charge in [0.2, 0.25) is 5.91 Å². The van der Waals surface area contributed by atoms with Crippen LogP contribution in [0.1, 0.15) is 39.2 Å². The number of hydrogen-bond donors (Lipinski definition) is 2. The topological polar surface area (TPSA) is 78.9 Å². The van der Waals surface area contributed by atoms with Crippen LogP contribution >= 0.6 is 0 Å². The van der Waals surface area contributed by atoms with Gasteiger partial charge in [-0.3, -0.25) is 4.79 Å². The Labute approximate surface area is 142 Å². The van der Waals surface area contributed by atoms with Gasteiger partial charge in [0.25, 0.3) is 0 Å². The molecule has 0 saturated carbocycles. The summed E-state index contributed by atoms with van der Waals surface area (Å²) in [6.45, 7) is 8.24. The van der Waals surface area contributed by atoms with Crippen molar-refractivity contribution in [2.75, 3.05) is 18.4 Å². The predicted octanol–water partition coefficient (Wildman–Crippen LogP) is 3.29. The molecule has 1 aromatic carbocycles. The number of hydrogen-bond acceptors (Lipinski definition) is 4. The van der Waals surface area contributed by atoms with Crippen LogP contribution < -0.4 is 5.32 Å². The molecule has 1 saturated heterocycles. The lowest BCUT2D eigenvalue weighted by Crippen LogP contribution is -2.45. The molecule has 0 bridgehead atoms. The summed E-state index contributed by atoms with van der Waals surface area (Å²) in [6, 6.07) is 5.10. The van der Waals surface area contributed by atoms with E-state index in [2.05, 4.69) is 5.32 Å². The van der Waals surface area contributed by atoms with E-state index in [1.54, 1.807) is 17.0 Å². The highest BCUT2D eigenvalue weighted by Crippen LogP contribution is 2.26. The molecule has 0 spiro atoms. The number of aryl methyl sites for hydroxylation is 1. The van der Waals surface area contributed by atoms with Crippen LogP contribution in [0.3, 0.4) is 0 Å². The number of ether oxygens (including phenoxy) is 1. The Kier molecular flexibility index (Phi) is 5.36. The Hall–Kier alpha value is -2.24. The minimum Gasteiger partial charge on any atom is -0.506 e. The fourth-order valence-electron chi connectivity index (χ4n) is 2.67. The fourth-order valence-corrected chi connectivity index (χ4v) is 2.67. The Morgan fingerprint density at radius 1 is 1.33 bits per heavy atom. The standard InChI is InChI=1S/C18H26N2O4/c1-12-7-8-14(15(21)10-12)19-16(22)13-6-5-9-20(11-13)17(23)24-18(2,3)4/h7-8,10,13,21H,5-6,9,11H2,1-4H3,(H,19,22). The quantitative estimate of drug-likeness (QED) is 0.814. The molecule has 1 unspecified atom stereocenters. The lowest BCUT2D eigenvalue weighted by Gasteiger charge is -2.33. The molecule has 0 aliphatic carbocycles. The highest BCUT2D eigenvalue weighted by Gasteiger charge is 2.31. The molecule has 2 amide bonds. The smallest absolute Gasteiger partial charge is 0.410 e. The predicted molar refractivity (Wildman–Crippen MR) is 92.0 cm³/mol. The van der Waals surface area contributed by atoms with Crippen molar-refractivity contribution < 1.29 is 19.4 Å². The number of amides is 2. The van der Waals surface area contributed by atoms with E-state index in [1.807, 2.05) is 33.8 Å². The van der Waals surface area contributed by atoms with Crippen LogP contribution in [0.25, 0.3) is 0 Å². The number of carbonyl (C=O) groups excluding carboxylic acids is 2. The zero-order chi connectivity index (χ0) is 17.9. The number of phenolic OH excluding ortho intramolecular Hbond substituents is 1. The third kappa shape index (κ3) is 4.88. The molecule has 6 heteroatoms. The molecule has 1 fully saturated rings. The molecule has 1 aliphatic rings. The molecule has 132 valence electrons. The van der Waals surface area contributed by atoms with Crippen LogP contribution in [0.5, 0.6) is 5.75 Å². The second kappa shape index (κ2) is 7.11. The summed E-state index contributed by atoms with van der Waals surface area (Å²) < 4.78 is 5.37. The van der Waals surface area contributed by atoms with E-state index < -0.39 is 11.7 Å². The number of nitrogens with one attached hydrogen (secondary N) is 1. The molecule has 6 nitrogen and oxygen atoms in total. The van der Waals surface area contributed by atoms with E-state index in [0.29, 0.717) is 25.2 Å². The molecule has 2 N–H and O–H groups in total. The highest BCUT2D eigenvalue weighted by atomic mass is 16.6. The average Bonchev–Trinajstić information content (AvgIpc) is 2.48. The maximum absolute atomic E-state index is 12.5. The van der Waals surface area contributed by atoms with Gasteiger partial charge in [0.1, 0.15) is 11.4 Å². The third-order valence-electron chi connectivity index (χ3n) is 3.85. The maximum Gasteiger partial charge on any atom is 0.410 e. The minimum absolute atomic E-state index is 0.0446. The molecule has 1 atom stereocenters. The number of phenols is 1. The number of carbonyl (C=O) groups is 2. The first kappa shape index (κ1) is 18.1. The second-order valence-electron chi connectivity index (χ2n) is 7.28. The van der Waals surface area contributed by atoms with E-state index in [9.17, 15) is 14.7 Å². The Morgan fingerprint density at radius 2 is 2.04 bits per heavy atom. The summed E-state index contributed by atoms with van der Waals surface area (Å²) in [6.07, 6.45) is 1.06. The first-order valence-corrected chi connectivity index (χ1v) is 8.24. The molecule has 1 aliphatic heterocycles. The van der Waals surface area contributed by atoms with Crippen LogP contribution in [0.15, 0.2) is 18.2 Å². The first-order valence-electron chi connectivity index (χ1n) is 8.24. The molecular formula is C18H26N2O4. The third-order valence-corrected chi connectivity index (χ3v) is 3.85. The van der Waals surface area contributed by atoms with E-state index in [0.717, 1.165) is 12.0 Å². The van der Waals surface area contributed by atoms with Crippen LogP contribution in [-0.2, 0) is 9.53 Å². The van der Waals surface area contributed by atoms with Gasteiger partial charge in [-0.15, -0.1) is 0 Å². The van der Waals surface area contributed by atoms with Crippen molar-refractivity contribution in [3.8, 4) is 5.75 Å². The summed E-state index contributed by atoms with van der Waals surface area (Å²) in [5.41, 5.74) is 0.749. The normalized spacial score (nSPS) is 18.2. The summed E-state index contributed by atoms with van der Waals surface area (Å²) in [4.78, 5) is 26.2. The minimum atomic E-state index is -0.556. The summed E-state index contributed by atoms with van der Waals surface area (Å²) in [7, 11) is 0. The zero-order valence-corrected chi connectivity index (χ0v) is 14.8. The van der Waals surface area contributed by atoms with E-state index >= 15 is 0 Å². The molecule has 2 rings (SSSR count). The monoisotopic (exact) mass is 334 g/mol. The van der Waals surface area contributed by atoms with Gasteiger partial charge in [0.15, 0.2) is 0 Å². The molecular weight excluding hydrogens is 308 g/mol. The van der Waals surface area contributed by atoms with Gasteiger partial charge in [-0.1, -0.05) is 6.07 Å². The number of rotatable bonds is 2. The number of nitrogens with zero attached hydrogens (tertiary/aromatic N) is 1. The van der Waals surface area contributed by atoms with Crippen molar-refractivity contribution in [3.63, 3.8) is 0 Å². The van der Waals surface area contributed by atoms with E-state index in [4.69, 9.17) is 4.74 Å². The maximum atomic E-state index is 12.5. The molecule has 0 radical (unpaired) electrons. The van der Waals surface area contributed by atoms with Crippen LogP contribution in [0.2, 0.25) is 0 Å². The summed E-state index contributed by atoms with van der Waals surface area (Å²) in [5.74, 6) is -0.461. The van der Waals surface area contributed by atoms with Gasteiger partial charge in [-0.2, -0.15) is 0 Å². The largest absolute Gasteiger partial charge is 0.506 e. The van der Waals surface area contributed by atoms with Crippen LogP contribution in [-0.4, -0.2) is 40.7 Å². The van der Waals surface area contributed by atoms with Crippen LogP contribution in [0, 0.1) is 12.8 Å². The van der Waals surface area contributed by atoms with E-state index in [1.165, 1.54) is 0 Å². The Balaban J connectivity index is 1.98. The van der Waals surface area contributed by atoms with Gasteiger partial charge in [-0.05, 0) is 58.2 Å². The fraction of sp³-hybridized carbons (Fsp3) is 0.556. The van der Waals surface area contributed by atoms with Gasteiger partial charge in [0, 0.05) is 13.1 Å². The lowest BCUT2D eigenvalue weighted by molar-refractivity contribution is -0.121. The van der Waals surface area contributed by atoms with Gasteiger partial charge in [0.05, 0.1) is 11.6 Å². The molecule has 24 heavy (non-hydrogen) atoms. The summed E-state index contributed by atoms with van der Waals surface area (Å²) in [5, 5.41) is 12.7. The summed E-state index contributed by atoms with van der Waals surface area (Å²) >= 11 is 0. The Morgan fingerprint density at radius 3 is 2.67 bits per heavy atom. The van der Waals surface area contributed by atoms with Gasteiger partial charge in [-0.25, -0.2) is 4.79 Å². The molecule has 1 heterocycles. The Bertz CT molecular complexity index is 622. The number of anilines is 1. The molecule has 0 aromatic heterocycles. The average molecular weight is 334 g/mol. The SMILES string of the molecule is Cc1ccc(NC(=O)C2CCCN(C(=O)OC(C)(C)C)C2)c(O)c1. The van der Waals surface area contributed by atoms with Crippen molar-refractivity contribution in [1.29, 1.82) is 0 Å². The van der Waals surface area contributed by atoms with Crippen molar-refractivity contribution >= 4 is 17.7 Å². The van der Waals surface area contributed by atoms with Crippen molar-refractivity contribution in [1.82, 2.24) is 4.90 Å². The zero-order valence-electron chi connectivity index (χ0n) is 14.8. The molecule has 1 aromatic rings. The van der Waals surface area contributed by atoms with Crippen molar-refractivity contribution in [2.45, 2.75) is 46.1 Å². The highest BCUT2D eigenvalue weighted by molar-refractivity contribution is 5.94. The van der Waals surface area contributed by atoms with E-state index in [-0.39, 0.29) is 17.6 Å². The first-order chi connectivity index (χ1) is 11.2. The van der Waals surface area contributed by atoms with Gasteiger partial charge >= 0.3 is 6.09 Å². The van der Waals surface area contributed by atoms with Gasteiger partial charge < -0.3 is 20.1 Å². The number of piperidine rings is 1. The number of aromatic hydroxyl groups is 1.